The zero-order chi connectivity index (χ0) is 11.0. The molecule has 1 N–H and O–H groups in total. The molecule has 0 atom stereocenters. The second-order valence-corrected chi connectivity index (χ2v) is 3.83. The van der Waals surface area contributed by atoms with Gasteiger partial charge in [-0.3, -0.25) is 0 Å². The van der Waals surface area contributed by atoms with Crippen molar-refractivity contribution in [1.82, 2.24) is 19.9 Å². The first-order chi connectivity index (χ1) is 7.11. The summed E-state index contributed by atoms with van der Waals surface area (Å²) in [6.45, 7) is 0. The van der Waals surface area contributed by atoms with Crippen LogP contribution in [0.4, 0.5) is 5.82 Å². The lowest BCUT2D eigenvalue weighted by Crippen LogP contribution is -2.11. The molecule has 0 aliphatic rings. The Morgan fingerprint density at radius 3 is 2.50 bits per heavy atom. The summed E-state index contributed by atoms with van der Waals surface area (Å²) in [6.07, 6.45) is 0. The predicted octanol–water partition coefficient (Wildman–Crippen LogP) is 2.23. The van der Waals surface area contributed by atoms with E-state index in [0.29, 0.717) is 28.7 Å². The van der Waals surface area contributed by atoms with E-state index in [1.54, 1.807) is 0 Å². The summed E-state index contributed by atoms with van der Waals surface area (Å²) in [7, 11) is 3.74. The Labute approximate surface area is 109 Å². The molecule has 2 heterocycles. The fraction of sp³-hybridized carbons (Fsp3) is 0.375. The molecule has 2 aromatic rings. The number of aromatic amines is 1. The number of halogens is 3. The lowest BCUT2D eigenvalue weighted by Gasteiger charge is -2.10. The number of nitrogens with zero attached hydrogens (tertiary/aromatic N) is 4. The molecule has 16 heavy (non-hydrogen) atoms. The number of fused-ring (bicyclic) bond motifs is 1. The molecule has 0 aliphatic heterocycles. The number of imidazole rings is 1. The van der Waals surface area contributed by atoms with Crippen LogP contribution in [0.5, 0.6) is 0 Å². The van der Waals surface area contributed by atoms with Gasteiger partial charge in [0.25, 0.3) is 0 Å². The molecule has 8 heteroatoms. The number of hydrogen-bond acceptors (Lipinski definition) is 4. The van der Waals surface area contributed by atoms with Crippen LogP contribution in [0.1, 0.15) is 5.82 Å². The van der Waals surface area contributed by atoms with E-state index in [2.05, 4.69) is 19.9 Å². The first kappa shape index (κ1) is 13.3. The molecule has 0 radical (unpaired) electrons. The highest BCUT2D eigenvalue weighted by atomic mass is 35.5. The molecular weight excluding hydrogens is 272 g/mol. The summed E-state index contributed by atoms with van der Waals surface area (Å²) in [5.41, 5.74) is 1.29. The van der Waals surface area contributed by atoms with E-state index in [-0.39, 0.29) is 17.7 Å². The number of aromatic nitrogens is 4. The average Bonchev–Trinajstić information content (AvgIpc) is 2.58. The molecule has 0 aromatic carbocycles. The molecule has 0 saturated heterocycles. The van der Waals surface area contributed by atoms with Crippen molar-refractivity contribution in [1.29, 1.82) is 0 Å². The van der Waals surface area contributed by atoms with Gasteiger partial charge in [-0.1, -0.05) is 0 Å². The van der Waals surface area contributed by atoms with Crippen molar-refractivity contribution in [2.45, 2.75) is 5.88 Å². The normalized spacial score (nSPS) is 10.2. The lowest BCUT2D eigenvalue weighted by molar-refractivity contribution is 1.05. The van der Waals surface area contributed by atoms with Crippen LogP contribution in [0.25, 0.3) is 11.2 Å². The quantitative estimate of drug-likeness (QED) is 0.678. The number of nitrogens with one attached hydrogen (secondary N) is 1. The SMILES string of the molecule is CN(C)c1nc(Cl)nc2[nH]c(CCl)nc12.Cl. The van der Waals surface area contributed by atoms with Crippen LogP contribution < -0.4 is 4.90 Å². The van der Waals surface area contributed by atoms with Gasteiger partial charge >= 0.3 is 0 Å². The van der Waals surface area contributed by atoms with Gasteiger partial charge in [-0.15, -0.1) is 24.0 Å². The highest BCUT2D eigenvalue weighted by molar-refractivity contribution is 6.28. The Hall–Kier alpha value is -0.780. The molecule has 2 rings (SSSR count). The van der Waals surface area contributed by atoms with Crippen molar-refractivity contribution in [3.63, 3.8) is 0 Å². The van der Waals surface area contributed by atoms with E-state index in [9.17, 15) is 0 Å². The number of rotatable bonds is 2. The van der Waals surface area contributed by atoms with E-state index >= 15 is 0 Å². The van der Waals surface area contributed by atoms with Crippen molar-refractivity contribution in [3.8, 4) is 0 Å². The standard InChI is InChI=1S/C8H9Cl2N5.ClH/c1-15(2)7-5-6(13-8(10)14-7)12-4(3-9)11-5;/h3H2,1-2H3,(H,11,12,13,14);1H. The van der Waals surface area contributed by atoms with Gasteiger partial charge in [0.15, 0.2) is 17.0 Å². The molecule has 0 amide bonds. The van der Waals surface area contributed by atoms with Gasteiger partial charge in [-0.05, 0) is 11.6 Å². The zero-order valence-corrected chi connectivity index (χ0v) is 11.0. The third-order valence-corrected chi connectivity index (χ3v) is 2.32. The predicted molar refractivity (Wildman–Crippen MR) is 67.8 cm³/mol. The van der Waals surface area contributed by atoms with Crippen LogP contribution in [-0.4, -0.2) is 34.0 Å². The first-order valence-corrected chi connectivity index (χ1v) is 5.18. The summed E-state index contributed by atoms with van der Waals surface area (Å²) in [4.78, 5) is 17.2. The van der Waals surface area contributed by atoms with Crippen molar-refractivity contribution >= 4 is 52.6 Å². The van der Waals surface area contributed by atoms with Gasteiger partial charge in [-0.2, -0.15) is 9.97 Å². The summed E-state index contributed by atoms with van der Waals surface area (Å²) in [6, 6.07) is 0. The fourth-order valence-electron chi connectivity index (χ4n) is 1.28. The van der Waals surface area contributed by atoms with Gasteiger partial charge in [0.1, 0.15) is 5.82 Å². The van der Waals surface area contributed by atoms with E-state index in [0.717, 1.165) is 0 Å². The van der Waals surface area contributed by atoms with Crippen LogP contribution in [0.2, 0.25) is 5.28 Å². The number of H-pyrrole nitrogens is 1. The van der Waals surface area contributed by atoms with E-state index in [1.165, 1.54) is 0 Å². The van der Waals surface area contributed by atoms with Gasteiger partial charge in [-0.25, -0.2) is 4.98 Å². The Morgan fingerprint density at radius 2 is 1.94 bits per heavy atom. The van der Waals surface area contributed by atoms with Crippen LogP contribution in [0.3, 0.4) is 0 Å². The zero-order valence-electron chi connectivity index (χ0n) is 8.66. The van der Waals surface area contributed by atoms with Crippen molar-refractivity contribution in [3.05, 3.63) is 11.1 Å². The largest absolute Gasteiger partial charge is 0.361 e. The van der Waals surface area contributed by atoms with Crippen molar-refractivity contribution < 1.29 is 0 Å². The monoisotopic (exact) mass is 281 g/mol. The second-order valence-electron chi connectivity index (χ2n) is 3.23. The van der Waals surface area contributed by atoms with Crippen LogP contribution in [0, 0.1) is 0 Å². The van der Waals surface area contributed by atoms with E-state index < -0.39 is 0 Å². The molecule has 88 valence electrons. The minimum atomic E-state index is 0. The number of anilines is 1. The van der Waals surface area contributed by atoms with Gasteiger partial charge in [0.05, 0.1) is 5.88 Å². The molecule has 0 saturated carbocycles. The van der Waals surface area contributed by atoms with Gasteiger partial charge in [0.2, 0.25) is 5.28 Å². The first-order valence-electron chi connectivity index (χ1n) is 4.27. The summed E-state index contributed by atoms with van der Waals surface area (Å²) >= 11 is 11.5. The summed E-state index contributed by atoms with van der Waals surface area (Å²) < 4.78 is 0. The van der Waals surface area contributed by atoms with Crippen molar-refractivity contribution in [2.24, 2.45) is 0 Å². The van der Waals surface area contributed by atoms with Crippen LogP contribution >= 0.6 is 35.6 Å². The Kier molecular flexibility index (Phi) is 4.18. The highest BCUT2D eigenvalue weighted by Crippen LogP contribution is 2.22. The molecule has 0 fully saturated rings. The molecule has 0 aliphatic carbocycles. The maximum absolute atomic E-state index is 5.79. The molecule has 0 bridgehead atoms. The average molecular weight is 283 g/mol. The molecule has 5 nitrogen and oxygen atoms in total. The van der Waals surface area contributed by atoms with E-state index in [1.807, 2.05) is 19.0 Å². The third kappa shape index (κ3) is 2.31. The summed E-state index contributed by atoms with van der Waals surface area (Å²) in [5.74, 6) is 1.64. The fourth-order valence-corrected chi connectivity index (χ4v) is 1.57. The lowest BCUT2D eigenvalue weighted by atomic mass is 10.5. The van der Waals surface area contributed by atoms with Gasteiger partial charge < -0.3 is 9.88 Å². The minimum absolute atomic E-state index is 0. The maximum atomic E-state index is 5.79. The summed E-state index contributed by atoms with van der Waals surface area (Å²) in [5, 5.41) is 0.191. The molecular formula is C8H10Cl3N5. The van der Waals surface area contributed by atoms with Crippen LogP contribution in [0.15, 0.2) is 0 Å². The van der Waals surface area contributed by atoms with E-state index in [4.69, 9.17) is 23.2 Å². The third-order valence-electron chi connectivity index (χ3n) is 1.90. The minimum Gasteiger partial charge on any atom is -0.361 e. The Morgan fingerprint density at radius 1 is 1.25 bits per heavy atom. The van der Waals surface area contributed by atoms with Crippen molar-refractivity contribution in [2.75, 3.05) is 19.0 Å². The number of hydrogen-bond donors (Lipinski definition) is 1. The number of alkyl halides is 1. The molecule has 0 spiro atoms. The van der Waals surface area contributed by atoms with Gasteiger partial charge in [0, 0.05) is 14.1 Å². The van der Waals surface area contributed by atoms with Crippen LogP contribution in [-0.2, 0) is 5.88 Å². The molecule has 2 aromatic heterocycles. The smallest absolute Gasteiger partial charge is 0.226 e. The maximum Gasteiger partial charge on any atom is 0.226 e. The Bertz CT molecular complexity index is 496. The topological polar surface area (TPSA) is 57.7 Å². The highest BCUT2D eigenvalue weighted by Gasteiger charge is 2.12. The molecule has 0 unspecified atom stereocenters. The second kappa shape index (κ2) is 5.03. The Balaban J connectivity index is 0.00000128.